The highest BCUT2D eigenvalue weighted by Gasteiger charge is 2.42. The number of benzene rings is 1. The number of anilines is 1. The zero-order chi connectivity index (χ0) is 19.8. The Morgan fingerprint density at radius 1 is 1.10 bits per heavy atom. The van der Waals surface area contributed by atoms with Crippen molar-refractivity contribution in [3.63, 3.8) is 0 Å². The lowest BCUT2D eigenvalue weighted by Crippen LogP contribution is -2.40. The van der Waals surface area contributed by atoms with Crippen LogP contribution >= 0.6 is 11.6 Å². The molecule has 0 spiro atoms. The van der Waals surface area contributed by atoms with Crippen LogP contribution in [0, 0.1) is 17.7 Å². The third kappa shape index (κ3) is 4.11. The van der Waals surface area contributed by atoms with Crippen molar-refractivity contribution < 1.29 is 9.13 Å². The van der Waals surface area contributed by atoms with E-state index in [0.29, 0.717) is 28.4 Å². The maximum absolute atomic E-state index is 13.5. The van der Waals surface area contributed by atoms with Gasteiger partial charge in [-0.05, 0) is 67.9 Å². The Labute approximate surface area is 175 Å². The third-order valence-corrected chi connectivity index (χ3v) is 6.98. The van der Waals surface area contributed by atoms with Gasteiger partial charge in [-0.15, -0.1) is 10.2 Å². The Bertz CT molecular complexity index is 844. The number of nitrogens with one attached hydrogen (secondary N) is 1. The average Bonchev–Trinajstić information content (AvgIpc) is 3.30. The zero-order valence-corrected chi connectivity index (χ0v) is 17.1. The van der Waals surface area contributed by atoms with E-state index < -0.39 is 0 Å². The molecule has 7 heteroatoms. The first-order chi connectivity index (χ1) is 14.2. The van der Waals surface area contributed by atoms with Crippen molar-refractivity contribution in [3.8, 4) is 11.3 Å². The van der Waals surface area contributed by atoms with E-state index in [-0.39, 0.29) is 5.82 Å². The molecule has 5 nitrogen and oxygen atoms in total. The monoisotopic (exact) mass is 416 g/mol. The first-order valence-electron chi connectivity index (χ1n) is 10.5. The standard InChI is InChI=1S/C22H26ClFN4O/c23-20-4-3-16(24)10-19(20)21-5-6-22(27-26-21)25-17-8-14-11-28(12-15(14)9-17)18-2-1-7-29-13-18/h3-6,10,14-15,17-18H,1-2,7-9,11-13H2,(H,25,27)/t14-,15+,17+,18?. The molecule has 4 atom stereocenters. The van der Waals surface area contributed by atoms with Crippen LogP contribution in [-0.2, 0) is 4.74 Å². The summed E-state index contributed by atoms with van der Waals surface area (Å²) in [6, 6.07) is 9.08. The van der Waals surface area contributed by atoms with E-state index in [0.717, 1.165) is 30.9 Å². The van der Waals surface area contributed by atoms with Crippen LogP contribution < -0.4 is 5.32 Å². The van der Waals surface area contributed by atoms with Gasteiger partial charge in [-0.2, -0.15) is 0 Å². The molecule has 154 valence electrons. The van der Waals surface area contributed by atoms with Gasteiger partial charge in [-0.1, -0.05) is 11.6 Å². The summed E-state index contributed by atoms with van der Waals surface area (Å²) in [5, 5.41) is 12.6. The average molecular weight is 417 g/mol. The minimum Gasteiger partial charge on any atom is -0.380 e. The molecule has 2 saturated heterocycles. The molecule has 3 fully saturated rings. The summed E-state index contributed by atoms with van der Waals surface area (Å²) in [4.78, 5) is 2.65. The van der Waals surface area contributed by atoms with E-state index in [4.69, 9.17) is 16.3 Å². The SMILES string of the molecule is Fc1ccc(Cl)c(-c2ccc(N[C@H]3C[C@@H]4CN(C5CCCOC5)C[C@@H]4C3)nn2)c1. The Balaban J connectivity index is 1.18. The van der Waals surface area contributed by atoms with E-state index in [1.165, 1.54) is 50.9 Å². The van der Waals surface area contributed by atoms with Gasteiger partial charge in [-0.3, -0.25) is 4.90 Å². The van der Waals surface area contributed by atoms with Crippen molar-refractivity contribution in [2.45, 2.75) is 37.8 Å². The van der Waals surface area contributed by atoms with E-state index >= 15 is 0 Å². The molecule has 3 aliphatic rings. The van der Waals surface area contributed by atoms with E-state index in [1.807, 2.05) is 12.1 Å². The molecule has 1 aliphatic carbocycles. The summed E-state index contributed by atoms with van der Waals surface area (Å²) in [5.74, 6) is 1.95. The highest BCUT2D eigenvalue weighted by molar-refractivity contribution is 6.33. The number of halogens is 2. The van der Waals surface area contributed by atoms with Gasteiger partial charge in [0.25, 0.3) is 0 Å². The second-order valence-electron chi connectivity index (χ2n) is 8.59. The zero-order valence-electron chi connectivity index (χ0n) is 16.4. The highest BCUT2D eigenvalue weighted by atomic mass is 35.5. The molecular weight excluding hydrogens is 391 g/mol. The Hall–Kier alpha value is -1.76. The fourth-order valence-corrected chi connectivity index (χ4v) is 5.43. The number of ether oxygens (including phenoxy) is 1. The number of fused-ring (bicyclic) bond motifs is 1. The van der Waals surface area contributed by atoms with Crippen molar-refractivity contribution in [2.75, 3.05) is 31.6 Å². The predicted octanol–water partition coefficient (Wildman–Crippen LogP) is 4.24. The second kappa shape index (κ2) is 8.17. The number of hydrogen-bond acceptors (Lipinski definition) is 5. The van der Waals surface area contributed by atoms with Crippen LogP contribution in [0.4, 0.5) is 10.2 Å². The van der Waals surface area contributed by atoms with Gasteiger partial charge in [0.15, 0.2) is 0 Å². The molecule has 2 aliphatic heterocycles. The van der Waals surface area contributed by atoms with Gasteiger partial charge in [0.1, 0.15) is 11.6 Å². The molecule has 0 bridgehead atoms. The van der Waals surface area contributed by atoms with Crippen molar-refractivity contribution in [1.82, 2.24) is 15.1 Å². The van der Waals surface area contributed by atoms with Crippen molar-refractivity contribution in [2.24, 2.45) is 11.8 Å². The molecule has 1 saturated carbocycles. The summed E-state index contributed by atoms with van der Waals surface area (Å²) >= 11 is 6.17. The first-order valence-corrected chi connectivity index (χ1v) is 10.9. The van der Waals surface area contributed by atoms with Gasteiger partial charge >= 0.3 is 0 Å². The van der Waals surface area contributed by atoms with Crippen LogP contribution in [0.5, 0.6) is 0 Å². The van der Waals surface area contributed by atoms with Gasteiger partial charge < -0.3 is 10.1 Å². The van der Waals surface area contributed by atoms with Crippen LogP contribution in [-0.4, -0.2) is 53.5 Å². The molecule has 5 rings (SSSR count). The van der Waals surface area contributed by atoms with E-state index in [2.05, 4.69) is 20.4 Å². The highest BCUT2D eigenvalue weighted by Crippen LogP contribution is 2.40. The number of nitrogens with zero attached hydrogens (tertiary/aromatic N) is 3. The minimum atomic E-state index is -0.334. The minimum absolute atomic E-state index is 0.334. The summed E-state index contributed by atoms with van der Waals surface area (Å²) in [7, 11) is 0. The number of rotatable bonds is 4. The normalized spacial score (nSPS) is 29.7. The molecule has 1 N–H and O–H groups in total. The topological polar surface area (TPSA) is 50.3 Å². The maximum Gasteiger partial charge on any atom is 0.148 e. The third-order valence-electron chi connectivity index (χ3n) is 6.65. The van der Waals surface area contributed by atoms with Crippen LogP contribution in [0.15, 0.2) is 30.3 Å². The molecule has 2 aromatic rings. The smallest absolute Gasteiger partial charge is 0.148 e. The fraction of sp³-hybridized carbons (Fsp3) is 0.545. The van der Waals surface area contributed by atoms with Crippen molar-refractivity contribution >= 4 is 17.4 Å². The summed E-state index contributed by atoms with van der Waals surface area (Å²) in [6.07, 6.45) is 4.82. The van der Waals surface area contributed by atoms with Crippen molar-refractivity contribution in [3.05, 3.63) is 41.2 Å². The Morgan fingerprint density at radius 2 is 1.93 bits per heavy atom. The van der Waals surface area contributed by atoms with Crippen LogP contribution in [0.1, 0.15) is 25.7 Å². The predicted molar refractivity (Wildman–Crippen MR) is 111 cm³/mol. The quantitative estimate of drug-likeness (QED) is 0.807. The lowest BCUT2D eigenvalue weighted by Gasteiger charge is -2.31. The molecular formula is C22H26ClFN4O. The van der Waals surface area contributed by atoms with Crippen LogP contribution in [0.25, 0.3) is 11.3 Å². The van der Waals surface area contributed by atoms with Gasteiger partial charge in [0, 0.05) is 37.3 Å². The lowest BCUT2D eigenvalue weighted by atomic mass is 10.0. The van der Waals surface area contributed by atoms with E-state index in [9.17, 15) is 4.39 Å². The van der Waals surface area contributed by atoms with Gasteiger partial charge in [0.2, 0.25) is 0 Å². The van der Waals surface area contributed by atoms with Crippen LogP contribution in [0.3, 0.4) is 0 Å². The molecule has 1 aromatic carbocycles. The van der Waals surface area contributed by atoms with E-state index in [1.54, 1.807) is 6.07 Å². The molecule has 0 radical (unpaired) electrons. The lowest BCUT2D eigenvalue weighted by molar-refractivity contribution is 0.0239. The first kappa shape index (κ1) is 19.2. The Kier molecular flexibility index (Phi) is 5.41. The summed E-state index contributed by atoms with van der Waals surface area (Å²) in [5.41, 5.74) is 1.14. The molecule has 1 unspecified atom stereocenters. The number of likely N-dealkylation sites (tertiary alicyclic amines) is 1. The summed E-state index contributed by atoms with van der Waals surface area (Å²) < 4.78 is 19.2. The summed E-state index contributed by atoms with van der Waals surface area (Å²) in [6.45, 7) is 4.21. The van der Waals surface area contributed by atoms with Gasteiger partial charge in [-0.25, -0.2) is 4.39 Å². The van der Waals surface area contributed by atoms with Gasteiger partial charge in [0.05, 0.1) is 17.3 Å². The largest absolute Gasteiger partial charge is 0.380 e. The van der Waals surface area contributed by atoms with Crippen molar-refractivity contribution in [1.29, 1.82) is 0 Å². The molecule has 1 aromatic heterocycles. The maximum atomic E-state index is 13.5. The number of hydrogen-bond donors (Lipinski definition) is 1. The second-order valence-corrected chi connectivity index (χ2v) is 8.99. The van der Waals surface area contributed by atoms with Crippen LogP contribution in [0.2, 0.25) is 5.02 Å². The Morgan fingerprint density at radius 3 is 2.62 bits per heavy atom. The molecule has 0 amide bonds. The fourth-order valence-electron chi connectivity index (χ4n) is 5.22. The molecule has 3 heterocycles. The number of aromatic nitrogens is 2. The molecule has 29 heavy (non-hydrogen) atoms.